The van der Waals surface area contributed by atoms with Crippen molar-refractivity contribution in [2.75, 3.05) is 12.8 Å². The Labute approximate surface area is 123 Å². The molecule has 0 aliphatic heterocycles. The van der Waals surface area contributed by atoms with Crippen LogP contribution in [0.25, 0.3) is 0 Å². The molecule has 1 aromatic carbocycles. The third kappa shape index (κ3) is 4.35. The summed E-state index contributed by atoms with van der Waals surface area (Å²) < 4.78 is 14.8. The number of benzene rings is 1. The van der Waals surface area contributed by atoms with Crippen LogP contribution in [-0.4, -0.2) is 28.6 Å². The molecule has 0 fully saturated rings. The van der Waals surface area contributed by atoms with E-state index in [0.717, 1.165) is 23.6 Å². The lowest BCUT2D eigenvalue weighted by Gasteiger charge is -2.14. The highest BCUT2D eigenvalue weighted by Crippen LogP contribution is 2.20. The molecule has 2 rings (SSSR count). The lowest BCUT2D eigenvalue weighted by atomic mass is 10.1. The van der Waals surface area contributed by atoms with Gasteiger partial charge in [-0.2, -0.15) is 5.10 Å². The van der Waals surface area contributed by atoms with Crippen LogP contribution < -0.4 is 5.32 Å². The maximum Gasteiger partial charge on any atom is 0.123 e. The number of aromatic nitrogens is 2. The van der Waals surface area contributed by atoms with Gasteiger partial charge in [0.25, 0.3) is 0 Å². The molecule has 1 heterocycles. The standard InChI is InChI=1S/C15H20FN3S/c1-3-19-10-12(9-18-19)8-14(17-2)11-20-15-6-4-13(16)5-7-15/h4-7,9-10,14,17H,3,8,11H2,1-2H3. The second kappa shape index (κ2) is 7.45. The van der Waals surface area contributed by atoms with Gasteiger partial charge in [-0.1, -0.05) is 0 Å². The van der Waals surface area contributed by atoms with Crippen LogP contribution in [0.1, 0.15) is 12.5 Å². The van der Waals surface area contributed by atoms with Crippen LogP contribution in [0, 0.1) is 5.82 Å². The van der Waals surface area contributed by atoms with Crippen LogP contribution in [0.15, 0.2) is 41.6 Å². The molecule has 0 saturated heterocycles. The zero-order chi connectivity index (χ0) is 14.4. The summed E-state index contributed by atoms with van der Waals surface area (Å²) in [5.74, 6) is 0.755. The molecule has 0 saturated carbocycles. The smallest absolute Gasteiger partial charge is 0.123 e. The van der Waals surface area contributed by atoms with E-state index in [-0.39, 0.29) is 5.82 Å². The molecule has 0 aliphatic carbocycles. The zero-order valence-electron chi connectivity index (χ0n) is 11.8. The Morgan fingerprint density at radius 3 is 2.70 bits per heavy atom. The van der Waals surface area contributed by atoms with Crippen molar-refractivity contribution in [3.05, 3.63) is 48.0 Å². The Hall–Kier alpha value is -1.33. The molecular weight excluding hydrogens is 273 g/mol. The molecule has 0 amide bonds. The van der Waals surface area contributed by atoms with Crippen LogP contribution in [0.3, 0.4) is 0 Å². The van der Waals surface area contributed by atoms with Crippen LogP contribution in [0.4, 0.5) is 4.39 Å². The monoisotopic (exact) mass is 293 g/mol. The van der Waals surface area contributed by atoms with E-state index < -0.39 is 0 Å². The summed E-state index contributed by atoms with van der Waals surface area (Å²) in [4.78, 5) is 1.09. The second-order valence-electron chi connectivity index (χ2n) is 4.66. The highest BCUT2D eigenvalue weighted by molar-refractivity contribution is 7.99. The first kappa shape index (κ1) is 15.1. The van der Waals surface area contributed by atoms with Crippen molar-refractivity contribution >= 4 is 11.8 Å². The van der Waals surface area contributed by atoms with Gasteiger partial charge >= 0.3 is 0 Å². The third-order valence-corrected chi connectivity index (χ3v) is 4.34. The fraction of sp³-hybridized carbons (Fsp3) is 0.400. The fourth-order valence-corrected chi connectivity index (χ4v) is 2.95. The summed E-state index contributed by atoms with van der Waals surface area (Å²) in [7, 11) is 1.97. The van der Waals surface area contributed by atoms with Crippen molar-refractivity contribution in [1.29, 1.82) is 0 Å². The normalized spacial score (nSPS) is 12.6. The first-order valence-corrected chi connectivity index (χ1v) is 7.76. The topological polar surface area (TPSA) is 29.9 Å². The molecule has 0 aliphatic rings. The number of halogens is 1. The third-order valence-electron chi connectivity index (χ3n) is 3.17. The molecule has 2 aromatic rings. The van der Waals surface area contributed by atoms with Crippen molar-refractivity contribution in [2.45, 2.75) is 30.8 Å². The maximum atomic E-state index is 12.8. The number of nitrogens with zero attached hydrogens (tertiary/aromatic N) is 2. The highest BCUT2D eigenvalue weighted by atomic mass is 32.2. The molecule has 0 spiro atoms. The maximum absolute atomic E-state index is 12.8. The van der Waals surface area contributed by atoms with E-state index >= 15 is 0 Å². The lowest BCUT2D eigenvalue weighted by Crippen LogP contribution is -2.29. The molecule has 1 aromatic heterocycles. The van der Waals surface area contributed by atoms with Crippen molar-refractivity contribution in [1.82, 2.24) is 15.1 Å². The van der Waals surface area contributed by atoms with Gasteiger partial charge in [0.05, 0.1) is 6.20 Å². The van der Waals surface area contributed by atoms with Crippen LogP contribution in [0.2, 0.25) is 0 Å². The van der Waals surface area contributed by atoms with Gasteiger partial charge in [0.2, 0.25) is 0 Å². The number of hydrogen-bond donors (Lipinski definition) is 1. The second-order valence-corrected chi connectivity index (χ2v) is 5.75. The summed E-state index contributed by atoms with van der Waals surface area (Å²) in [6, 6.07) is 7.02. The van der Waals surface area contributed by atoms with E-state index in [1.165, 1.54) is 17.7 Å². The number of likely N-dealkylation sites (N-methyl/N-ethyl adjacent to an activating group) is 1. The van der Waals surface area contributed by atoms with E-state index in [1.807, 2.05) is 30.1 Å². The largest absolute Gasteiger partial charge is 0.316 e. The number of aryl methyl sites for hydroxylation is 1. The number of hydrogen-bond acceptors (Lipinski definition) is 3. The first-order valence-electron chi connectivity index (χ1n) is 6.78. The Morgan fingerprint density at radius 2 is 2.10 bits per heavy atom. The first-order chi connectivity index (χ1) is 9.71. The summed E-state index contributed by atoms with van der Waals surface area (Å²) in [6.07, 6.45) is 4.97. The van der Waals surface area contributed by atoms with Gasteiger partial charge < -0.3 is 5.32 Å². The van der Waals surface area contributed by atoms with Gasteiger partial charge in [0, 0.05) is 29.4 Å². The van der Waals surface area contributed by atoms with Crippen LogP contribution in [-0.2, 0) is 13.0 Å². The van der Waals surface area contributed by atoms with Crippen molar-refractivity contribution in [2.24, 2.45) is 0 Å². The Bertz CT molecular complexity index is 524. The van der Waals surface area contributed by atoms with Crippen molar-refractivity contribution in [3.63, 3.8) is 0 Å². The molecular formula is C15H20FN3S. The number of nitrogens with one attached hydrogen (secondary N) is 1. The van der Waals surface area contributed by atoms with Gasteiger partial charge in [-0.05, 0) is 50.2 Å². The molecule has 1 unspecified atom stereocenters. The Balaban J connectivity index is 1.87. The molecule has 0 bridgehead atoms. The average Bonchev–Trinajstić information content (AvgIpc) is 2.93. The lowest BCUT2D eigenvalue weighted by molar-refractivity contribution is 0.614. The fourth-order valence-electron chi connectivity index (χ4n) is 1.94. The van der Waals surface area contributed by atoms with Gasteiger partial charge in [0.15, 0.2) is 0 Å². The molecule has 1 atom stereocenters. The van der Waals surface area contributed by atoms with E-state index in [0.29, 0.717) is 6.04 Å². The Morgan fingerprint density at radius 1 is 1.35 bits per heavy atom. The van der Waals surface area contributed by atoms with E-state index in [2.05, 4.69) is 23.5 Å². The molecule has 1 N–H and O–H groups in total. The minimum absolute atomic E-state index is 0.188. The predicted octanol–water partition coefficient (Wildman–Crippen LogP) is 2.96. The van der Waals surface area contributed by atoms with Crippen LogP contribution in [0.5, 0.6) is 0 Å². The number of rotatable bonds is 7. The Kier molecular flexibility index (Phi) is 5.61. The summed E-state index contributed by atoms with van der Waals surface area (Å²) in [5, 5.41) is 7.62. The summed E-state index contributed by atoms with van der Waals surface area (Å²) in [6.45, 7) is 2.98. The highest BCUT2D eigenvalue weighted by Gasteiger charge is 2.09. The zero-order valence-corrected chi connectivity index (χ0v) is 12.7. The average molecular weight is 293 g/mol. The molecule has 20 heavy (non-hydrogen) atoms. The van der Waals surface area contributed by atoms with Gasteiger partial charge in [-0.15, -0.1) is 11.8 Å². The molecule has 108 valence electrons. The van der Waals surface area contributed by atoms with E-state index in [1.54, 1.807) is 11.8 Å². The van der Waals surface area contributed by atoms with Crippen LogP contribution >= 0.6 is 11.8 Å². The van der Waals surface area contributed by atoms with Gasteiger partial charge in [-0.3, -0.25) is 4.68 Å². The van der Waals surface area contributed by atoms with Gasteiger partial charge in [0.1, 0.15) is 5.82 Å². The molecule has 5 heteroatoms. The minimum Gasteiger partial charge on any atom is -0.316 e. The van der Waals surface area contributed by atoms with E-state index in [4.69, 9.17) is 0 Å². The quantitative estimate of drug-likeness (QED) is 0.796. The summed E-state index contributed by atoms with van der Waals surface area (Å²) in [5.41, 5.74) is 1.24. The predicted molar refractivity (Wildman–Crippen MR) is 81.6 cm³/mol. The minimum atomic E-state index is -0.188. The number of thioether (sulfide) groups is 1. The van der Waals surface area contributed by atoms with E-state index in [9.17, 15) is 4.39 Å². The molecule has 0 radical (unpaired) electrons. The van der Waals surface area contributed by atoms with Gasteiger partial charge in [-0.25, -0.2) is 4.39 Å². The molecule has 3 nitrogen and oxygen atoms in total. The van der Waals surface area contributed by atoms with Crippen molar-refractivity contribution < 1.29 is 4.39 Å². The van der Waals surface area contributed by atoms with Crippen molar-refractivity contribution in [3.8, 4) is 0 Å². The summed E-state index contributed by atoms with van der Waals surface area (Å²) >= 11 is 1.74. The SMILES string of the molecule is CCn1cc(CC(CSc2ccc(F)cc2)NC)cn1.